The Kier molecular flexibility index (Phi) is 37.3. The third kappa shape index (κ3) is 34.3. The summed E-state index contributed by atoms with van der Waals surface area (Å²) in [6, 6.07) is 0. The van der Waals surface area contributed by atoms with E-state index < -0.39 is 0 Å². The minimum Gasteiger partial charge on any atom is -0.465 e. The Bertz CT molecular complexity index is 697. The Labute approximate surface area is 316 Å². The van der Waals surface area contributed by atoms with E-state index >= 15 is 0 Å². The van der Waals surface area contributed by atoms with E-state index in [-0.39, 0.29) is 5.97 Å². The van der Waals surface area contributed by atoms with Crippen LogP contribution >= 0.6 is 0 Å². The van der Waals surface area contributed by atoms with Gasteiger partial charge in [0.2, 0.25) is 0 Å². The Morgan fingerprint density at radius 1 is 0.500 bits per heavy atom. The number of unbranched alkanes of at least 4 members (excludes halogenated alkanes) is 26. The summed E-state index contributed by atoms with van der Waals surface area (Å²) in [5.74, 6) is 1.37. The number of esters is 1. The van der Waals surface area contributed by atoms with E-state index in [4.69, 9.17) is 4.74 Å². The highest BCUT2D eigenvalue weighted by atomic mass is 16.5. The average molecular weight is 704 g/mol. The highest BCUT2D eigenvalue weighted by Crippen LogP contribution is 2.27. The summed E-state index contributed by atoms with van der Waals surface area (Å²) in [5.41, 5.74) is 1.70. The van der Waals surface area contributed by atoms with Crippen LogP contribution in [0.25, 0.3) is 0 Å². The number of ether oxygens (including phenoxy) is 1. The minimum atomic E-state index is -0.0367. The van der Waals surface area contributed by atoms with Crippen LogP contribution in [-0.2, 0) is 9.53 Å². The van der Waals surface area contributed by atoms with Crippen LogP contribution in [0, 0.1) is 17.8 Å². The fraction of sp³-hybridized carbons (Fsp3) is 0.936. The summed E-state index contributed by atoms with van der Waals surface area (Å²) in [7, 11) is 4.11. The van der Waals surface area contributed by atoms with Crippen molar-refractivity contribution in [3.05, 3.63) is 11.6 Å². The van der Waals surface area contributed by atoms with Gasteiger partial charge in [0.15, 0.2) is 0 Å². The maximum Gasteiger partial charge on any atom is 0.305 e. The zero-order valence-electron chi connectivity index (χ0n) is 35.6. The van der Waals surface area contributed by atoms with Gasteiger partial charge in [-0.1, -0.05) is 213 Å². The normalized spacial score (nSPS) is 13.4. The first kappa shape index (κ1) is 49.2. The van der Waals surface area contributed by atoms with E-state index in [9.17, 15) is 4.79 Å². The van der Waals surface area contributed by atoms with Crippen molar-refractivity contribution in [3.8, 4) is 0 Å². The number of allylic oxidation sites excluding steroid dienone is 2. The topological polar surface area (TPSA) is 29.5 Å². The molecule has 0 aromatic carbocycles. The maximum atomic E-state index is 12.3. The molecule has 0 spiro atoms. The predicted molar refractivity (Wildman–Crippen MR) is 224 cm³/mol. The van der Waals surface area contributed by atoms with Crippen molar-refractivity contribution < 1.29 is 9.53 Å². The van der Waals surface area contributed by atoms with Crippen molar-refractivity contribution in [3.63, 3.8) is 0 Å². The van der Waals surface area contributed by atoms with Crippen LogP contribution in [0.15, 0.2) is 11.6 Å². The van der Waals surface area contributed by atoms with Crippen molar-refractivity contribution in [1.29, 1.82) is 0 Å². The first-order valence-electron chi connectivity index (χ1n) is 22.8. The smallest absolute Gasteiger partial charge is 0.305 e. The molecule has 0 aromatic rings. The van der Waals surface area contributed by atoms with Gasteiger partial charge < -0.3 is 9.64 Å². The lowest BCUT2D eigenvalue weighted by Crippen LogP contribution is -2.22. The van der Waals surface area contributed by atoms with E-state index in [0.717, 1.165) is 13.0 Å². The molecule has 50 heavy (non-hydrogen) atoms. The van der Waals surface area contributed by atoms with Crippen LogP contribution in [0.5, 0.6) is 0 Å². The second-order valence-corrected chi connectivity index (χ2v) is 16.8. The number of hydrogen-bond donors (Lipinski definition) is 0. The van der Waals surface area contributed by atoms with Gasteiger partial charge in [-0.25, -0.2) is 0 Å². The van der Waals surface area contributed by atoms with Gasteiger partial charge in [-0.2, -0.15) is 0 Å². The molecule has 0 radical (unpaired) electrons. The van der Waals surface area contributed by atoms with E-state index in [1.54, 1.807) is 5.57 Å². The highest BCUT2D eigenvalue weighted by molar-refractivity contribution is 5.69. The van der Waals surface area contributed by atoms with Crippen LogP contribution in [0.2, 0.25) is 0 Å². The van der Waals surface area contributed by atoms with Gasteiger partial charge in [0.05, 0.1) is 6.61 Å². The number of rotatable bonds is 39. The van der Waals surface area contributed by atoms with E-state index in [1.807, 2.05) is 0 Å². The zero-order valence-corrected chi connectivity index (χ0v) is 35.6. The molecule has 0 aliphatic heterocycles. The van der Waals surface area contributed by atoms with Crippen LogP contribution in [0.4, 0.5) is 0 Å². The standard InChI is InChI=1S/C47H93NO2/c1-8-10-12-14-16-18-20-22-24-26-28-30-32-34-37-46(38-35-33-31-29-27-25-23-21-19-17-15-13-11-9-2)41-43(3)45(5)44(4)42-50-47(49)39-36-40-48(6)7/h41,43-45H,8-40,42H2,1-7H3. The van der Waals surface area contributed by atoms with Crippen molar-refractivity contribution in [1.82, 2.24) is 4.90 Å². The molecule has 0 saturated heterocycles. The van der Waals surface area contributed by atoms with Crippen LogP contribution in [0.3, 0.4) is 0 Å². The van der Waals surface area contributed by atoms with E-state index in [1.165, 1.54) is 193 Å². The Morgan fingerprint density at radius 2 is 0.840 bits per heavy atom. The minimum absolute atomic E-state index is 0.0367. The molecule has 0 bridgehead atoms. The molecule has 3 heteroatoms. The number of hydrogen-bond acceptors (Lipinski definition) is 3. The number of carbonyl (C=O) groups excluding carboxylic acids is 1. The lowest BCUT2D eigenvalue weighted by Gasteiger charge is -2.25. The van der Waals surface area contributed by atoms with Crippen molar-refractivity contribution in [2.45, 2.75) is 240 Å². The molecule has 298 valence electrons. The lowest BCUT2D eigenvalue weighted by atomic mass is 9.83. The molecule has 0 aliphatic carbocycles. The van der Waals surface area contributed by atoms with Gasteiger partial charge in [0, 0.05) is 6.42 Å². The van der Waals surface area contributed by atoms with Gasteiger partial charge in [-0.05, 0) is 70.5 Å². The molecule has 0 amide bonds. The molecule has 3 unspecified atom stereocenters. The molecule has 0 N–H and O–H groups in total. The third-order valence-corrected chi connectivity index (χ3v) is 11.4. The SMILES string of the molecule is CCCCCCCCCCCCCCCCC(=CC(C)C(C)C(C)COC(=O)CCCN(C)C)CCCCCCCCCCCCCCCC. The third-order valence-electron chi connectivity index (χ3n) is 11.4. The Morgan fingerprint density at radius 3 is 1.18 bits per heavy atom. The van der Waals surface area contributed by atoms with Gasteiger partial charge in [-0.3, -0.25) is 4.79 Å². The molecule has 0 saturated carbocycles. The van der Waals surface area contributed by atoms with Gasteiger partial charge in [0.1, 0.15) is 0 Å². The first-order valence-corrected chi connectivity index (χ1v) is 22.8. The summed E-state index contributed by atoms with van der Waals surface area (Å²) in [5, 5.41) is 0. The van der Waals surface area contributed by atoms with Gasteiger partial charge in [0.25, 0.3) is 0 Å². The molecule has 0 fully saturated rings. The Balaban J connectivity index is 4.48. The first-order chi connectivity index (χ1) is 24.3. The monoisotopic (exact) mass is 704 g/mol. The van der Waals surface area contributed by atoms with Crippen LogP contribution in [0.1, 0.15) is 240 Å². The van der Waals surface area contributed by atoms with E-state index in [0.29, 0.717) is 30.8 Å². The summed E-state index contributed by atoms with van der Waals surface area (Å²) < 4.78 is 5.70. The van der Waals surface area contributed by atoms with E-state index in [2.05, 4.69) is 59.7 Å². The predicted octanol–water partition coefficient (Wildman–Crippen LogP) is 15.4. The van der Waals surface area contributed by atoms with Crippen molar-refractivity contribution in [2.24, 2.45) is 17.8 Å². The number of nitrogens with zero attached hydrogens (tertiary/aromatic N) is 1. The molecule has 0 heterocycles. The molecule has 3 atom stereocenters. The average Bonchev–Trinajstić information content (AvgIpc) is 3.10. The van der Waals surface area contributed by atoms with Gasteiger partial charge >= 0.3 is 5.97 Å². The molecule has 0 rings (SSSR count). The lowest BCUT2D eigenvalue weighted by molar-refractivity contribution is -0.145. The summed E-state index contributed by atoms with van der Waals surface area (Å²) in [6.07, 6.45) is 46.4. The fourth-order valence-electron chi connectivity index (χ4n) is 7.41. The molecule has 3 nitrogen and oxygen atoms in total. The largest absolute Gasteiger partial charge is 0.465 e. The van der Waals surface area contributed by atoms with Gasteiger partial charge in [-0.15, -0.1) is 0 Å². The summed E-state index contributed by atoms with van der Waals surface area (Å²) in [6.45, 7) is 13.1. The van der Waals surface area contributed by atoms with Crippen molar-refractivity contribution in [2.75, 3.05) is 27.2 Å². The molecular formula is C47H93NO2. The second-order valence-electron chi connectivity index (χ2n) is 16.8. The Hall–Kier alpha value is -0.830. The fourth-order valence-corrected chi connectivity index (χ4v) is 7.41. The zero-order chi connectivity index (χ0) is 36.9. The highest BCUT2D eigenvalue weighted by Gasteiger charge is 2.20. The van der Waals surface area contributed by atoms with Crippen molar-refractivity contribution >= 4 is 5.97 Å². The summed E-state index contributed by atoms with van der Waals surface area (Å²) >= 11 is 0. The van der Waals surface area contributed by atoms with Crippen LogP contribution in [-0.4, -0.2) is 38.1 Å². The molecule has 0 aliphatic rings. The number of carbonyl (C=O) groups is 1. The second kappa shape index (κ2) is 37.9. The maximum absolute atomic E-state index is 12.3. The summed E-state index contributed by atoms with van der Waals surface area (Å²) in [4.78, 5) is 14.4. The molecule has 0 aromatic heterocycles. The van der Waals surface area contributed by atoms with Crippen LogP contribution < -0.4 is 0 Å². The molecular weight excluding hydrogens is 611 g/mol. The quantitative estimate of drug-likeness (QED) is 0.0363.